The fourth-order valence-electron chi connectivity index (χ4n) is 2.44. The van der Waals surface area contributed by atoms with Crippen molar-refractivity contribution in [2.24, 2.45) is 0 Å². The average Bonchev–Trinajstić information content (AvgIpc) is 2.46. The maximum atomic E-state index is 13.6. The van der Waals surface area contributed by atoms with Crippen molar-refractivity contribution in [3.05, 3.63) is 35.4 Å². The van der Waals surface area contributed by atoms with E-state index in [-0.39, 0.29) is 12.0 Å². The summed E-state index contributed by atoms with van der Waals surface area (Å²) in [4.78, 5) is 11.3. The Morgan fingerprint density at radius 1 is 1.32 bits per heavy atom. The number of benzene rings is 1. The molecule has 0 heterocycles. The van der Waals surface area contributed by atoms with E-state index < -0.39 is 6.17 Å². The molecule has 104 valence electrons. The van der Waals surface area contributed by atoms with Gasteiger partial charge in [-0.1, -0.05) is 25.0 Å². The van der Waals surface area contributed by atoms with E-state index in [2.05, 4.69) is 10.1 Å². The average molecular weight is 265 g/mol. The molecule has 1 fully saturated rings. The first-order valence-corrected chi connectivity index (χ1v) is 6.75. The van der Waals surface area contributed by atoms with Gasteiger partial charge in [-0.05, 0) is 30.5 Å². The Hall–Kier alpha value is -1.42. The van der Waals surface area contributed by atoms with E-state index in [1.54, 1.807) is 12.1 Å². The first-order valence-electron chi connectivity index (χ1n) is 6.75. The molecule has 2 unspecified atom stereocenters. The van der Waals surface area contributed by atoms with Crippen LogP contribution in [0.4, 0.5) is 4.39 Å². The topological polar surface area (TPSA) is 38.3 Å². The highest BCUT2D eigenvalue weighted by Crippen LogP contribution is 2.21. The summed E-state index contributed by atoms with van der Waals surface area (Å²) in [6.45, 7) is 0.631. The van der Waals surface area contributed by atoms with Crippen molar-refractivity contribution >= 4 is 5.97 Å². The normalized spacial score (nSPS) is 23.1. The summed E-state index contributed by atoms with van der Waals surface area (Å²) in [5, 5.41) is 3.26. The number of hydrogen-bond donors (Lipinski definition) is 1. The van der Waals surface area contributed by atoms with Crippen molar-refractivity contribution in [1.29, 1.82) is 0 Å². The zero-order valence-corrected chi connectivity index (χ0v) is 11.2. The first kappa shape index (κ1) is 14.0. The lowest BCUT2D eigenvalue weighted by Crippen LogP contribution is -2.39. The van der Waals surface area contributed by atoms with Crippen LogP contribution >= 0.6 is 0 Å². The Morgan fingerprint density at radius 3 is 2.63 bits per heavy atom. The summed E-state index contributed by atoms with van der Waals surface area (Å²) in [7, 11) is 1.36. The van der Waals surface area contributed by atoms with Gasteiger partial charge in [-0.25, -0.2) is 9.18 Å². The second kappa shape index (κ2) is 6.66. The molecule has 1 aliphatic carbocycles. The molecular weight excluding hydrogens is 245 g/mol. The minimum absolute atomic E-state index is 0.0333. The van der Waals surface area contributed by atoms with E-state index in [1.807, 2.05) is 12.1 Å². The smallest absolute Gasteiger partial charge is 0.337 e. The van der Waals surface area contributed by atoms with Crippen molar-refractivity contribution in [3.8, 4) is 0 Å². The van der Waals surface area contributed by atoms with Gasteiger partial charge in [0.1, 0.15) is 6.17 Å². The maximum Gasteiger partial charge on any atom is 0.337 e. The van der Waals surface area contributed by atoms with E-state index in [0.29, 0.717) is 18.5 Å². The van der Waals surface area contributed by atoms with E-state index in [9.17, 15) is 9.18 Å². The third-order valence-corrected chi connectivity index (χ3v) is 3.63. The van der Waals surface area contributed by atoms with Gasteiger partial charge in [-0.15, -0.1) is 0 Å². The van der Waals surface area contributed by atoms with Crippen LogP contribution in [-0.2, 0) is 11.3 Å². The van der Waals surface area contributed by atoms with Crippen LogP contribution in [0.15, 0.2) is 24.3 Å². The molecular formula is C15H20FNO2. The molecule has 1 aliphatic rings. The van der Waals surface area contributed by atoms with Crippen LogP contribution in [-0.4, -0.2) is 25.3 Å². The van der Waals surface area contributed by atoms with Crippen molar-refractivity contribution in [2.45, 2.75) is 44.4 Å². The highest BCUT2D eigenvalue weighted by atomic mass is 19.1. The third kappa shape index (κ3) is 3.77. The SMILES string of the molecule is COC(=O)c1ccc(CNC2CCCCC2F)cc1. The number of carbonyl (C=O) groups is 1. The second-order valence-corrected chi connectivity index (χ2v) is 4.98. The summed E-state index contributed by atoms with van der Waals surface area (Å²) in [6, 6.07) is 7.17. The van der Waals surface area contributed by atoms with Crippen molar-refractivity contribution in [2.75, 3.05) is 7.11 Å². The van der Waals surface area contributed by atoms with E-state index in [4.69, 9.17) is 0 Å². The van der Waals surface area contributed by atoms with Gasteiger partial charge in [0.25, 0.3) is 0 Å². The number of ether oxygens (including phenoxy) is 1. The van der Waals surface area contributed by atoms with Crippen molar-refractivity contribution in [3.63, 3.8) is 0 Å². The minimum Gasteiger partial charge on any atom is -0.465 e. The molecule has 1 aromatic carbocycles. The van der Waals surface area contributed by atoms with Gasteiger partial charge >= 0.3 is 5.97 Å². The quantitative estimate of drug-likeness (QED) is 0.851. The Kier molecular flexibility index (Phi) is 4.91. The van der Waals surface area contributed by atoms with Gasteiger partial charge in [0.05, 0.1) is 12.7 Å². The van der Waals surface area contributed by atoms with Gasteiger partial charge in [-0.2, -0.15) is 0 Å². The molecule has 0 bridgehead atoms. The van der Waals surface area contributed by atoms with E-state index in [0.717, 1.165) is 24.8 Å². The van der Waals surface area contributed by atoms with Crippen molar-refractivity contribution < 1.29 is 13.9 Å². The summed E-state index contributed by atoms with van der Waals surface area (Å²) in [6.07, 6.45) is 2.93. The Balaban J connectivity index is 1.87. The lowest BCUT2D eigenvalue weighted by Gasteiger charge is -2.26. The molecule has 0 radical (unpaired) electrons. The molecule has 1 saturated carbocycles. The van der Waals surface area contributed by atoms with Gasteiger partial charge in [0, 0.05) is 12.6 Å². The zero-order chi connectivity index (χ0) is 13.7. The number of esters is 1. The number of alkyl halides is 1. The number of nitrogens with one attached hydrogen (secondary N) is 1. The fourth-order valence-corrected chi connectivity index (χ4v) is 2.44. The fraction of sp³-hybridized carbons (Fsp3) is 0.533. The van der Waals surface area contributed by atoms with Crippen molar-refractivity contribution in [1.82, 2.24) is 5.32 Å². The van der Waals surface area contributed by atoms with Crippen LogP contribution in [0.5, 0.6) is 0 Å². The lowest BCUT2D eigenvalue weighted by atomic mass is 9.93. The Morgan fingerprint density at radius 2 is 2.00 bits per heavy atom. The molecule has 1 aromatic rings. The molecule has 0 amide bonds. The number of halogens is 1. The molecule has 1 N–H and O–H groups in total. The van der Waals surface area contributed by atoms with E-state index >= 15 is 0 Å². The standard InChI is InChI=1S/C15H20FNO2/c1-19-15(18)12-8-6-11(7-9-12)10-17-14-5-3-2-4-13(14)16/h6-9,13-14,17H,2-5,10H2,1H3. The molecule has 0 spiro atoms. The van der Waals surface area contributed by atoms with Crippen LogP contribution < -0.4 is 5.32 Å². The summed E-state index contributed by atoms with van der Waals surface area (Å²) in [5.41, 5.74) is 1.58. The molecule has 0 aliphatic heterocycles. The molecule has 0 saturated heterocycles. The van der Waals surface area contributed by atoms with Crippen LogP contribution in [0.3, 0.4) is 0 Å². The highest BCUT2D eigenvalue weighted by Gasteiger charge is 2.23. The summed E-state index contributed by atoms with van der Waals surface area (Å²) >= 11 is 0. The highest BCUT2D eigenvalue weighted by molar-refractivity contribution is 5.89. The second-order valence-electron chi connectivity index (χ2n) is 4.98. The minimum atomic E-state index is -0.733. The summed E-state index contributed by atoms with van der Waals surface area (Å²) < 4.78 is 18.3. The monoisotopic (exact) mass is 265 g/mol. The lowest BCUT2D eigenvalue weighted by molar-refractivity contribution is 0.0600. The molecule has 19 heavy (non-hydrogen) atoms. The number of methoxy groups -OCH3 is 1. The Labute approximate surface area is 113 Å². The maximum absolute atomic E-state index is 13.6. The Bertz CT molecular complexity index is 419. The number of carbonyl (C=O) groups excluding carboxylic acids is 1. The van der Waals surface area contributed by atoms with E-state index in [1.165, 1.54) is 7.11 Å². The largest absolute Gasteiger partial charge is 0.465 e. The van der Waals surface area contributed by atoms with Gasteiger partial charge in [0.2, 0.25) is 0 Å². The molecule has 2 atom stereocenters. The number of hydrogen-bond acceptors (Lipinski definition) is 3. The predicted molar refractivity (Wildman–Crippen MR) is 71.8 cm³/mol. The summed E-state index contributed by atoms with van der Waals surface area (Å²) in [5.74, 6) is -0.337. The van der Waals surface area contributed by atoms with Crippen LogP contribution in [0.2, 0.25) is 0 Å². The predicted octanol–water partition coefficient (Wildman–Crippen LogP) is 2.84. The van der Waals surface area contributed by atoms with Gasteiger partial charge in [0.15, 0.2) is 0 Å². The third-order valence-electron chi connectivity index (χ3n) is 3.63. The van der Waals surface area contributed by atoms with Gasteiger partial charge < -0.3 is 10.1 Å². The van der Waals surface area contributed by atoms with Crippen LogP contribution in [0, 0.1) is 0 Å². The number of rotatable bonds is 4. The first-order chi connectivity index (χ1) is 9.20. The molecule has 2 rings (SSSR count). The molecule has 4 heteroatoms. The molecule has 0 aromatic heterocycles. The van der Waals surface area contributed by atoms with Gasteiger partial charge in [-0.3, -0.25) is 0 Å². The molecule has 3 nitrogen and oxygen atoms in total. The van der Waals surface area contributed by atoms with Crippen LogP contribution in [0.1, 0.15) is 41.6 Å². The van der Waals surface area contributed by atoms with Crippen LogP contribution in [0.25, 0.3) is 0 Å². The zero-order valence-electron chi connectivity index (χ0n) is 11.2.